The van der Waals surface area contributed by atoms with Crippen LogP contribution in [0.2, 0.25) is 0 Å². The van der Waals surface area contributed by atoms with Crippen LogP contribution in [-0.2, 0) is 0 Å². The smallest absolute Gasteiger partial charge is 0.315 e. The molecule has 0 aromatic heterocycles. The fourth-order valence-corrected chi connectivity index (χ4v) is 3.17. The molecule has 32 heavy (non-hydrogen) atoms. The highest BCUT2D eigenvalue weighted by atomic mass is 79.9. The van der Waals surface area contributed by atoms with E-state index < -0.39 is 27.0 Å². The van der Waals surface area contributed by atoms with Crippen LogP contribution in [0.1, 0.15) is 34.6 Å². The lowest BCUT2D eigenvalue weighted by molar-refractivity contribution is -0.386. The summed E-state index contributed by atoms with van der Waals surface area (Å²) in [5, 5.41) is 39.6. The second kappa shape index (κ2) is 12.0. The van der Waals surface area contributed by atoms with E-state index in [0.29, 0.717) is 23.7 Å². The van der Waals surface area contributed by atoms with Crippen molar-refractivity contribution in [3.05, 3.63) is 52.4 Å². The van der Waals surface area contributed by atoms with Crippen molar-refractivity contribution in [3.8, 4) is 23.0 Å². The van der Waals surface area contributed by atoms with Gasteiger partial charge >= 0.3 is 11.4 Å². The Labute approximate surface area is 197 Å². The van der Waals surface area contributed by atoms with Crippen molar-refractivity contribution >= 4 is 55.8 Å². The van der Waals surface area contributed by atoms with Gasteiger partial charge in [0.05, 0.1) is 32.0 Å². The van der Waals surface area contributed by atoms with Crippen molar-refractivity contribution in [3.63, 3.8) is 0 Å². The highest BCUT2D eigenvalue weighted by molar-refractivity contribution is 9.11. The minimum Gasteiger partial charge on any atom is -0.503 e. The summed E-state index contributed by atoms with van der Waals surface area (Å²) in [6, 6.07) is 2.02. The Hall–Kier alpha value is -3.26. The van der Waals surface area contributed by atoms with Crippen molar-refractivity contribution in [2.45, 2.75) is 13.8 Å². The van der Waals surface area contributed by atoms with Crippen LogP contribution in [0.4, 0.5) is 11.4 Å². The van der Waals surface area contributed by atoms with Gasteiger partial charge in [-0.25, -0.2) is 0 Å². The third kappa shape index (κ3) is 5.91. The number of hydrogen-bond donors (Lipinski definition) is 2. The minimum atomic E-state index is -0.894. The van der Waals surface area contributed by atoms with Gasteiger partial charge in [-0.05, 0) is 45.7 Å². The monoisotopic (exact) mass is 578 g/mol. The average molecular weight is 580 g/mol. The van der Waals surface area contributed by atoms with E-state index in [1.54, 1.807) is 13.8 Å². The molecule has 0 unspecified atom stereocenters. The van der Waals surface area contributed by atoms with Crippen molar-refractivity contribution in [1.82, 2.24) is 0 Å². The quantitative estimate of drug-likeness (QED) is 0.195. The van der Waals surface area contributed by atoms with Crippen LogP contribution in [0.5, 0.6) is 23.0 Å². The number of aldehydes is 2. The Morgan fingerprint density at radius 1 is 0.844 bits per heavy atom. The molecule has 0 aliphatic heterocycles. The predicted molar refractivity (Wildman–Crippen MR) is 118 cm³/mol. The van der Waals surface area contributed by atoms with Crippen molar-refractivity contribution in [1.29, 1.82) is 0 Å². The Bertz CT molecular complexity index is 1060. The topological polar surface area (TPSA) is 179 Å². The number of rotatable bonds is 8. The Morgan fingerprint density at radius 3 is 1.72 bits per heavy atom. The first-order valence-corrected chi connectivity index (χ1v) is 10.2. The highest BCUT2D eigenvalue weighted by Gasteiger charge is 2.26. The molecule has 2 N–H and O–H groups in total. The van der Waals surface area contributed by atoms with E-state index in [4.69, 9.17) is 14.6 Å². The molecule has 2 rings (SSSR count). The number of hydrogen-bond acceptors (Lipinski definition) is 10. The standard InChI is InChI=1S/C11H12BrNO5.C7H4BrNO5/c1-3-17-10-8(13(15)16)5-7(6-14)9(12)11(10)18-4-2;8-5-3(2-10)1-4(9(13)14)6(11)7(5)12/h5-6H,3-4H2,1-2H3;1-2,11-12H. The third-order valence-electron chi connectivity index (χ3n) is 3.63. The van der Waals surface area contributed by atoms with Gasteiger partial charge in [-0.3, -0.25) is 29.8 Å². The van der Waals surface area contributed by atoms with E-state index in [1.165, 1.54) is 0 Å². The number of carbonyl (C=O) groups is 2. The number of ether oxygens (including phenoxy) is 2. The molecule has 14 heteroatoms. The minimum absolute atomic E-state index is 0.0295. The first-order valence-electron chi connectivity index (χ1n) is 8.61. The summed E-state index contributed by atoms with van der Waals surface area (Å²) in [5.41, 5.74) is -0.959. The summed E-state index contributed by atoms with van der Waals surface area (Å²) in [4.78, 5) is 41.1. The molecule has 0 aliphatic rings. The number of carbonyl (C=O) groups excluding carboxylic acids is 2. The van der Waals surface area contributed by atoms with E-state index in [0.717, 1.165) is 12.1 Å². The lowest BCUT2D eigenvalue weighted by atomic mass is 10.2. The second-order valence-electron chi connectivity index (χ2n) is 5.57. The first-order chi connectivity index (χ1) is 15.0. The molecule has 0 bridgehead atoms. The molecule has 0 saturated carbocycles. The number of aromatic hydroxyl groups is 2. The molecule has 0 radical (unpaired) electrons. The fourth-order valence-electron chi connectivity index (χ4n) is 2.27. The summed E-state index contributed by atoms with van der Waals surface area (Å²) < 4.78 is 10.8. The number of phenols is 2. The third-order valence-corrected chi connectivity index (χ3v) is 5.28. The lowest BCUT2D eigenvalue weighted by Gasteiger charge is -2.13. The largest absolute Gasteiger partial charge is 0.503 e. The highest BCUT2D eigenvalue weighted by Crippen LogP contribution is 2.44. The van der Waals surface area contributed by atoms with E-state index in [1.807, 2.05) is 0 Å². The summed E-state index contributed by atoms with van der Waals surface area (Å²) in [6.07, 6.45) is 0.853. The van der Waals surface area contributed by atoms with Gasteiger partial charge in [0.2, 0.25) is 11.5 Å². The fraction of sp³-hybridized carbons (Fsp3) is 0.222. The van der Waals surface area contributed by atoms with Gasteiger partial charge in [-0.15, -0.1) is 0 Å². The molecular formula is C18H16Br2N2O10. The Balaban J connectivity index is 0.000000330. The number of nitrogens with zero attached hydrogens (tertiary/aromatic N) is 2. The Morgan fingerprint density at radius 2 is 1.28 bits per heavy atom. The zero-order chi connectivity index (χ0) is 24.6. The zero-order valence-corrected chi connectivity index (χ0v) is 19.7. The number of phenolic OH excluding ortho intramolecular Hbond substituents is 2. The number of nitro groups is 2. The maximum atomic E-state index is 11.0. The van der Waals surface area contributed by atoms with Gasteiger partial charge in [-0.1, -0.05) is 0 Å². The molecule has 0 amide bonds. The van der Waals surface area contributed by atoms with Crippen LogP contribution in [0, 0.1) is 20.2 Å². The van der Waals surface area contributed by atoms with E-state index in [2.05, 4.69) is 31.9 Å². The van der Waals surface area contributed by atoms with E-state index in [9.17, 15) is 34.9 Å². The first kappa shape index (κ1) is 26.8. The number of halogens is 2. The molecule has 0 atom stereocenters. The molecule has 0 spiro atoms. The van der Waals surface area contributed by atoms with Gasteiger partial charge in [0, 0.05) is 23.3 Å². The van der Waals surface area contributed by atoms with Gasteiger partial charge < -0.3 is 19.7 Å². The maximum Gasteiger partial charge on any atom is 0.315 e. The Kier molecular flexibility index (Phi) is 10.00. The number of benzene rings is 2. The van der Waals surface area contributed by atoms with Crippen molar-refractivity contribution in [2.75, 3.05) is 13.2 Å². The summed E-state index contributed by atoms with van der Waals surface area (Å²) in [6.45, 7) is 4.01. The molecule has 2 aromatic carbocycles. The van der Waals surface area contributed by atoms with Gasteiger partial charge in [0.1, 0.15) is 0 Å². The SMILES string of the molecule is CCOc1c([N+](=O)[O-])cc(C=O)c(Br)c1OCC.O=Cc1cc([N+](=O)[O-])c(O)c(O)c1Br. The molecule has 0 saturated heterocycles. The van der Waals surface area contributed by atoms with E-state index in [-0.39, 0.29) is 39.4 Å². The summed E-state index contributed by atoms with van der Waals surface area (Å²) >= 11 is 6.00. The number of nitro benzene ring substituents is 2. The molecule has 2 aromatic rings. The zero-order valence-electron chi connectivity index (χ0n) is 16.5. The molecule has 0 fully saturated rings. The molecule has 172 valence electrons. The molecule has 0 aliphatic carbocycles. The van der Waals surface area contributed by atoms with Gasteiger partial charge in [0.25, 0.3) is 0 Å². The summed E-state index contributed by atoms with van der Waals surface area (Å²) in [7, 11) is 0. The summed E-state index contributed by atoms with van der Waals surface area (Å²) in [5.74, 6) is -1.38. The van der Waals surface area contributed by atoms with Crippen molar-refractivity contribution in [2.24, 2.45) is 0 Å². The van der Waals surface area contributed by atoms with Crippen LogP contribution in [-0.4, -0.2) is 45.8 Å². The van der Waals surface area contributed by atoms with E-state index >= 15 is 0 Å². The van der Waals surface area contributed by atoms with Crippen molar-refractivity contribution < 1.29 is 39.1 Å². The van der Waals surface area contributed by atoms with Crippen LogP contribution in [0.15, 0.2) is 21.1 Å². The average Bonchev–Trinajstić information content (AvgIpc) is 2.75. The molecular weight excluding hydrogens is 564 g/mol. The maximum absolute atomic E-state index is 11.0. The van der Waals surface area contributed by atoms with Crippen LogP contribution in [0.3, 0.4) is 0 Å². The lowest BCUT2D eigenvalue weighted by Crippen LogP contribution is -2.04. The molecule has 0 heterocycles. The van der Waals surface area contributed by atoms with Crippen LogP contribution >= 0.6 is 31.9 Å². The molecule has 12 nitrogen and oxygen atoms in total. The van der Waals surface area contributed by atoms with Crippen LogP contribution in [0.25, 0.3) is 0 Å². The van der Waals surface area contributed by atoms with Gasteiger partial charge in [0.15, 0.2) is 24.1 Å². The van der Waals surface area contributed by atoms with Gasteiger partial charge in [-0.2, -0.15) is 0 Å². The van der Waals surface area contributed by atoms with Crippen LogP contribution < -0.4 is 9.47 Å². The second-order valence-corrected chi connectivity index (χ2v) is 7.16. The predicted octanol–water partition coefficient (Wildman–Crippen LogP) is 4.55. The normalized spacial score (nSPS) is 9.88.